The van der Waals surface area contributed by atoms with Gasteiger partial charge in [-0.3, -0.25) is 19.1 Å². The van der Waals surface area contributed by atoms with Gasteiger partial charge in [0.05, 0.1) is 30.3 Å². The number of hydrogen-bond acceptors (Lipinski definition) is 4. The van der Waals surface area contributed by atoms with E-state index in [9.17, 15) is 9.59 Å². The molecule has 0 fully saturated rings. The maximum absolute atomic E-state index is 13.2. The third-order valence-electron chi connectivity index (χ3n) is 5.01. The molecular weight excluding hydrogens is 368 g/mol. The van der Waals surface area contributed by atoms with Gasteiger partial charge in [-0.25, -0.2) is 4.98 Å². The van der Waals surface area contributed by atoms with E-state index in [0.29, 0.717) is 17.4 Å². The van der Waals surface area contributed by atoms with Crippen LogP contribution in [0.5, 0.6) is 0 Å². The van der Waals surface area contributed by atoms with Crippen LogP contribution in [-0.2, 0) is 16.1 Å². The van der Waals surface area contributed by atoms with Crippen molar-refractivity contribution < 1.29 is 14.0 Å². The van der Waals surface area contributed by atoms with Crippen LogP contribution >= 0.6 is 0 Å². The van der Waals surface area contributed by atoms with Crippen LogP contribution in [0.1, 0.15) is 18.2 Å². The van der Waals surface area contributed by atoms with Crippen molar-refractivity contribution in [3.05, 3.63) is 78.8 Å². The molecule has 1 aliphatic heterocycles. The minimum absolute atomic E-state index is 0.0235. The topological polar surface area (TPSA) is 80.4 Å². The van der Waals surface area contributed by atoms with Crippen molar-refractivity contribution in [1.82, 2.24) is 9.55 Å². The Kier molecular flexibility index (Phi) is 4.13. The van der Waals surface area contributed by atoms with Crippen LogP contribution in [-0.4, -0.2) is 21.4 Å². The van der Waals surface area contributed by atoms with Crippen molar-refractivity contribution >= 4 is 34.5 Å². The average molecular weight is 386 g/mol. The van der Waals surface area contributed by atoms with Crippen LogP contribution in [0.2, 0.25) is 0 Å². The van der Waals surface area contributed by atoms with Gasteiger partial charge in [0.15, 0.2) is 0 Å². The molecule has 2 amide bonds. The Balaban J connectivity index is 1.48. The Hall–Kier alpha value is -3.87. The van der Waals surface area contributed by atoms with Crippen LogP contribution in [0.25, 0.3) is 11.0 Å². The molecule has 0 spiro atoms. The highest BCUT2D eigenvalue weighted by Gasteiger charge is 2.41. The zero-order valence-electron chi connectivity index (χ0n) is 15.5. The second-order valence-corrected chi connectivity index (χ2v) is 6.91. The summed E-state index contributed by atoms with van der Waals surface area (Å²) in [5.74, 6) is 0.799. The zero-order chi connectivity index (χ0) is 19.8. The summed E-state index contributed by atoms with van der Waals surface area (Å²) in [6, 6.07) is 19.8. The van der Waals surface area contributed by atoms with Gasteiger partial charge in [0.1, 0.15) is 11.8 Å². The van der Waals surface area contributed by atoms with Gasteiger partial charge in [0, 0.05) is 5.69 Å². The zero-order valence-corrected chi connectivity index (χ0v) is 15.5. The highest BCUT2D eigenvalue weighted by molar-refractivity contribution is 6.05. The number of amides is 2. The maximum atomic E-state index is 13.2. The van der Waals surface area contributed by atoms with E-state index in [1.54, 1.807) is 17.2 Å². The van der Waals surface area contributed by atoms with Crippen LogP contribution < -0.4 is 10.2 Å². The number of nitrogens with one attached hydrogen (secondary N) is 1. The summed E-state index contributed by atoms with van der Waals surface area (Å²) >= 11 is 0. The Morgan fingerprint density at radius 3 is 2.62 bits per heavy atom. The number of fused-ring (bicyclic) bond motifs is 3. The summed E-state index contributed by atoms with van der Waals surface area (Å²) < 4.78 is 7.27. The molecule has 3 heterocycles. The lowest BCUT2D eigenvalue weighted by Gasteiger charge is -2.15. The highest BCUT2D eigenvalue weighted by atomic mass is 16.3. The fourth-order valence-electron chi connectivity index (χ4n) is 3.71. The van der Waals surface area contributed by atoms with Crippen molar-refractivity contribution in [2.24, 2.45) is 0 Å². The number of anilines is 2. The van der Waals surface area contributed by atoms with E-state index in [2.05, 4.69) is 10.3 Å². The van der Waals surface area contributed by atoms with E-state index in [1.807, 2.05) is 65.2 Å². The second-order valence-electron chi connectivity index (χ2n) is 6.91. The molecular formula is C22H18N4O3. The lowest BCUT2D eigenvalue weighted by molar-refractivity contribution is -0.124. The monoisotopic (exact) mass is 386 g/mol. The molecule has 1 unspecified atom stereocenters. The Labute approximate surface area is 166 Å². The molecule has 0 saturated carbocycles. The molecule has 0 saturated heterocycles. The summed E-state index contributed by atoms with van der Waals surface area (Å²) in [5, 5.41) is 2.86. The second kappa shape index (κ2) is 6.94. The fourth-order valence-corrected chi connectivity index (χ4v) is 3.71. The minimum atomic E-state index is -0.656. The molecule has 4 aromatic rings. The smallest absolute Gasteiger partial charge is 0.253 e. The number of aromatic nitrogens is 2. The molecule has 1 N–H and O–H groups in total. The van der Waals surface area contributed by atoms with Crippen LogP contribution in [0, 0.1) is 0 Å². The van der Waals surface area contributed by atoms with E-state index in [-0.39, 0.29) is 24.8 Å². The lowest BCUT2D eigenvalue weighted by Crippen LogP contribution is -2.30. The van der Waals surface area contributed by atoms with Gasteiger partial charge in [-0.15, -0.1) is 0 Å². The van der Waals surface area contributed by atoms with Crippen molar-refractivity contribution in [2.45, 2.75) is 19.0 Å². The van der Waals surface area contributed by atoms with Gasteiger partial charge in [-0.2, -0.15) is 0 Å². The number of carbonyl (C=O) groups is 2. The first-order valence-electron chi connectivity index (χ1n) is 9.36. The van der Waals surface area contributed by atoms with Gasteiger partial charge >= 0.3 is 0 Å². The van der Waals surface area contributed by atoms with Crippen LogP contribution in [0.15, 0.2) is 77.4 Å². The van der Waals surface area contributed by atoms with Crippen molar-refractivity contribution in [3.63, 3.8) is 0 Å². The molecule has 7 nitrogen and oxygen atoms in total. The van der Waals surface area contributed by atoms with E-state index in [0.717, 1.165) is 11.0 Å². The number of nitrogens with zero attached hydrogens (tertiary/aromatic N) is 3. The molecule has 0 bridgehead atoms. The SMILES string of the molecule is O=C(CC1C(=O)N(Cc2ccco2)c2nc3ccccc3n21)Nc1ccccc1. The van der Waals surface area contributed by atoms with Gasteiger partial charge in [0.25, 0.3) is 5.91 Å². The number of imidazole rings is 1. The number of rotatable bonds is 5. The summed E-state index contributed by atoms with van der Waals surface area (Å²) in [6.45, 7) is 0.270. The molecule has 7 heteroatoms. The average Bonchev–Trinajstić information content (AvgIpc) is 3.43. The standard InChI is InChI=1S/C22H18N4O3/c27-20(23-15-7-2-1-3-8-15)13-19-21(28)25(14-16-9-6-12-29-16)22-24-17-10-4-5-11-18(17)26(19)22/h1-12,19H,13-14H2,(H,23,27). The Morgan fingerprint density at radius 2 is 1.83 bits per heavy atom. The van der Waals surface area contributed by atoms with Crippen molar-refractivity contribution in [2.75, 3.05) is 10.2 Å². The van der Waals surface area contributed by atoms with E-state index in [1.165, 1.54) is 0 Å². The third-order valence-corrected chi connectivity index (χ3v) is 5.01. The molecule has 144 valence electrons. The Morgan fingerprint density at radius 1 is 1.03 bits per heavy atom. The van der Waals surface area contributed by atoms with Gasteiger partial charge in [-0.1, -0.05) is 30.3 Å². The lowest BCUT2D eigenvalue weighted by atomic mass is 10.1. The fraction of sp³-hybridized carbons (Fsp3) is 0.136. The highest BCUT2D eigenvalue weighted by Crippen LogP contribution is 2.37. The summed E-state index contributed by atoms with van der Waals surface area (Å²) in [6.07, 6.45) is 1.60. The van der Waals surface area contributed by atoms with Gasteiger partial charge in [-0.05, 0) is 36.4 Å². The maximum Gasteiger partial charge on any atom is 0.253 e. The molecule has 2 aromatic carbocycles. The van der Waals surface area contributed by atoms with Crippen LogP contribution in [0.4, 0.5) is 11.6 Å². The number of furan rings is 1. The molecule has 1 aliphatic rings. The van der Waals surface area contributed by atoms with E-state index >= 15 is 0 Å². The first-order chi connectivity index (χ1) is 14.2. The molecule has 5 rings (SSSR count). The van der Waals surface area contributed by atoms with E-state index < -0.39 is 6.04 Å². The summed E-state index contributed by atoms with van der Waals surface area (Å²) in [7, 11) is 0. The molecule has 1 atom stereocenters. The molecule has 0 aliphatic carbocycles. The first kappa shape index (κ1) is 17.2. The normalized spacial score (nSPS) is 15.7. The number of hydrogen-bond donors (Lipinski definition) is 1. The summed E-state index contributed by atoms with van der Waals surface area (Å²) in [5.41, 5.74) is 2.31. The minimum Gasteiger partial charge on any atom is -0.467 e. The first-order valence-corrected chi connectivity index (χ1v) is 9.36. The Bertz CT molecular complexity index is 1180. The van der Waals surface area contributed by atoms with E-state index in [4.69, 9.17) is 4.42 Å². The van der Waals surface area contributed by atoms with Crippen LogP contribution in [0.3, 0.4) is 0 Å². The number of carbonyl (C=O) groups excluding carboxylic acids is 2. The number of para-hydroxylation sites is 3. The molecule has 2 aromatic heterocycles. The molecule has 29 heavy (non-hydrogen) atoms. The third kappa shape index (κ3) is 3.06. The molecule has 0 radical (unpaired) electrons. The largest absolute Gasteiger partial charge is 0.467 e. The summed E-state index contributed by atoms with van der Waals surface area (Å²) in [4.78, 5) is 32.1. The predicted molar refractivity (Wildman–Crippen MR) is 108 cm³/mol. The van der Waals surface area contributed by atoms with Gasteiger partial charge < -0.3 is 9.73 Å². The van der Waals surface area contributed by atoms with Gasteiger partial charge in [0.2, 0.25) is 11.9 Å². The van der Waals surface area contributed by atoms with Crippen molar-refractivity contribution in [1.29, 1.82) is 0 Å². The quantitative estimate of drug-likeness (QED) is 0.567. The number of benzene rings is 2. The predicted octanol–water partition coefficient (Wildman–Crippen LogP) is 3.75. The van der Waals surface area contributed by atoms with Crippen molar-refractivity contribution in [3.8, 4) is 0 Å².